The minimum absolute atomic E-state index is 0.0539. The fourth-order valence-electron chi connectivity index (χ4n) is 2.41. The highest BCUT2D eigenvalue weighted by molar-refractivity contribution is 7.17. The van der Waals surface area contributed by atoms with Crippen molar-refractivity contribution in [1.82, 2.24) is 9.88 Å². The molecule has 0 aliphatic heterocycles. The molecule has 5 heteroatoms. The molecule has 0 spiro atoms. The van der Waals surface area contributed by atoms with Crippen LogP contribution >= 0.6 is 11.3 Å². The van der Waals surface area contributed by atoms with Gasteiger partial charge in [0.15, 0.2) is 5.78 Å². The standard InChI is InChI=1S/C17H16N2O2S/c1-11(20)12-7-15(18-8-12)17(21)19(2)9-13-10-22-16-6-4-3-5-14(13)16/h3-8,10,18H,9H2,1-2H3. The van der Waals surface area contributed by atoms with E-state index in [0.29, 0.717) is 17.8 Å². The van der Waals surface area contributed by atoms with Crippen molar-refractivity contribution in [2.45, 2.75) is 13.5 Å². The van der Waals surface area contributed by atoms with Crippen LogP contribution in [0, 0.1) is 0 Å². The molecule has 2 aromatic heterocycles. The Kier molecular flexibility index (Phi) is 3.81. The highest BCUT2D eigenvalue weighted by Crippen LogP contribution is 2.26. The fraction of sp³-hybridized carbons (Fsp3) is 0.176. The number of carbonyl (C=O) groups is 2. The van der Waals surface area contributed by atoms with Gasteiger partial charge in [0.1, 0.15) is 5.69 Å². The Bertz CT molecular complexity index is 847. The number of aromatic amines is 1. The Morgan fingerprint density at radius 1 is 1.27 bits per heavy atom. The van der Waals surface area contributed by atoms with E-state index in [4.69, 9.17) is 0 Å². The van der Waals surface area contributed by atoms with Gasteiger partial charge in [-0.15, -0.1) is 11.3 Å². The zero-order valence-corrected chi connectivity index (χ0v) is 13.2. The first kappa shape index (κ1) is 14.5. The summed E-state index contributed by atoms with van der Waals surface area (Å²) in [6.07, 6.45) is 1.57. The van der Waals surface area contributed by atoms with E-state index in [2.05, 4.69) is 22.5 Å². The third-order valence-electron chi connectivity index (χ3n) is 3.64. The number of nitrogens with zero attached hydrogens (tertiary/aromatic N) is 1. The van der Waals surface area contributed by atoms with Gasteiger partial charge in [0.25, 0.3) is 5.91 Å². The smallest absolute Gasteiger partial charge is 0.270 e. The number of thiophene rings is 1. The molecule has 0 aliphatic rings. The summed E-state index contributed by atoms with van der Waals surface area (Å²) in [5.41, 5.74) is 2.10. The van der Waals surface area contributed by atoms with Gasteiger partial charge >= 0.3 is 0 Å². The van der Waals surface area contributed by atoms with Gasteiger partial charge in [-0.05, 0) is 35.4 Å². The summed E-state index contributed by atoms with van der Waals surface area (Å²) in [6, 6.07) is 9.77. The maximum Gasteiger partial charge on any atom is 0.270 e. The average Bonchev–Trinajstić information content (AvgIpc) is 3.14. The Morgan fingerprint density at radius 2 is 2.05 bits per heavy atom. The zero-order chi connectivity index (χ0) is 15.7. The van der Waals surface area contributed by atoms with Crippen LogP contribution in [0.3, 0.4) is 0 Å². The molecule has 0 atom stereocenters. The minimum Gasteiger partial charge on any atom is -0.356 e. The summed E-state index contributed by atoms with van der Waals surface area (Å²) in [5.74, 6) is -0.176. The van der Waals surface area contributed by atoms with E-state index >= 15 is 0 Å². The van der Waals surface area contributed by atoms with Crippen molar-refractivity contribution in [2.75, 3.05) is 7.05 Å². The molecule has 3 rings (SSSR count). The number of rotatable bonds is 4. The summed E-state index contributed by atoms with van der Waals surface area (Å²) in [4.78, 5) is 28.3. The molecule has 0 unspecified atom stereocenters. The highest BCUT2D eigenvalue weighted by Gasteiger charge is 2.16. The van der Waals surface area contributed by atoms with Crippen molar-refractivity contribution < 1.29 is 9.59 Å². The van der Waals surface area contributed by atoms with Crippen LogP contribution in [-0.2, 0) is 6.54 Å². The summed E-state index contributed by atoms with van der Waals surface area (Å²) in [5, 5.41) is 3.27. The van der Waals surface area contributed by atoms with Crippen LogP contribution in [0.1, 0.15) is 33.3 Å². The van der Waals surface area contributed by atoms with Crippen molar-refractivity contribution >= 4 is 33.1 Å². The van der Waals surface area contributed by atoms with E-state index in [1.165, 1.54) is 17.0 Å². The number of ketones is 1. The van der Waals surface area contributed by atoms with E-state index in [0.717, 1.165) is 5.56 Å². The summed E-state index contributed by atoms with van der Waals surface area (Å²) < 4.78 is 1.22. The van der Waals surface area contributed by atoms with Crippen molar-refractivity contribution in [3.8, 4) is 0 Å². The second kappa shape index (κ2) is 5.77. The SMILES string of the molecule is CC(=O)c1c[nH]c(C(=O)N(C)Cc2csc3ccccc23)c1. The molecule has 22 heavy (non-hydrogen) atoms. The topological polar surface area (TPSA) is 53.2 Å². The van der Waals surface area contributed by atoms with Crippen LogP contribution in [0.25, 0.3) is 10.1 Å². The summed E-state index contributed by atoms with van der Waals surface area (Å²) >= 11 is 1.68. The van der Waals surface area contributed by atoms with E-state index in [1.807, 2.05) is 12.1 Å². The molecule has 0 radical (unpaired) electrons. The predicted molar refractivity (Wildman–Crippen MR) is 88.4 cm³/mol. The zero-order valence-electron chi connectivity index (χ0n) is 12.4. The van der Waals surface area contributed by atoms with Gasteiger partial charge in [0, 0.05) is 30.1 Å². The lowest BCUT2D eigenvalue weighted by atomic mass is 10.1. The summed E-state index contributed by atoms with van der Waals surface area (Å²) in [7, 11) is 1.77. The molecule has 1 N–H and O–H groups in total. The molecular formula is C17H16N2O2S. The van der Waals surface area contributed by atoms with Crippen molar-refractivity contribution in [3.63, 3.8) is 0 Å². The number of nitrogens with one attached hydrogen (secondary N) is 1. The third-order valence-corrected chi connectivity index (χ3v) is 4.65. The Balaban J connectivity index is 1.79. The molecule has 0 bridgehead atoms. The van der Waals surface area contributed by atoms with Gasteiger partial charge < -0.3 is 9.88 Å². The highest BCUT2D eigenvalue weighted by atomic mass is 32.1. The largest absolute Gasteiger partial charge is 0.356 e. The average molecular weight is 312 g/mol. The number of hydrogen-bond donors (Lipinski definition) is 1. The van der Waals surface area contributed by atoms with E-state index in [-0.39, 0.29) is 11.7 Å². The van der Waals surface area contributed by atoms with Crippen LogP contribution in [0.5, 0.6) is 0 Å². The number of carbonyl (C=O) groups excluding carboxylic acids is 2. The number of H-pyrrole nitrogens is 1. The molecule has 0 saturated heterocycles. The lowest BCUT2D eigenvalue weighted by molar-refractivity contribution is 0.0780. The molecule has 2 heterocycles. The van der Waals surface area contributed by atoms with Gasteiger partial charge in [-0.3, -0.25) is 9.59 Å². The third kappa shape index (κ3) is 2.67. The van der Waals surface area contributed by atoms with Crippen LogP contribution in [0.2, 0.25) is 0 Å². The normalized spacial score (nSPS) is 10.8. The minimum atomic E-state index is -0.122. The first-order valence-corrected chi connectivity index (χ1v) is 7.84. The van der Waals surface area contributed by atoms with Gasteiger partial charge in [0.2, 0.25) is 0 Å². The second-order valence-electron chi connectivity index (χ2n) is 5.28. The first-order valence-electron chi connectivity index (χ1n) is 6.96. The number of aromatic nitrogens is 1. The van der Waals surface area contributed by atoms with Crippen molar-refractivity contribution in [2.24, 2.45) is 0 Å². The lowest BCUT2D eigenvalue weighted by Crippen LogP contribution is -2.26. The molecule has 0 aliphatic carbocycles. The van der Waals surface area contributed by atoms with Crippen LogP contribution in [-0.4, -0.2) is 28.6 Å². The quantitative estimate of drug-likeness (QED) is 0.747. The van der Waals surface area contributed by atoms with Crippen LogP contribution in [0.4, 0.5) is 0 Å². The predicted octanol–water partition coefficient (Wildman–Crippen LogP) is 3.70. The molecule has 1 aromatic carbocycles. The van der Waals surface area contributed by atoms with Crippen molar-refractivity contribution in [1.29, 1.82) is 0 Å². The maximum absolute atomic E-state index is 12.4. The number of fused-ring (bicyclic) bond motifs is 1. The summed E-state index contributed by atoms with van der Waals surface area (Å²) in [6.45, 7) is 2.02. The van der Waals surface area contributed by atoms with E-state index in [1.54, 1.807) is 35.5 Å². The maximum atomic E-state index is 12.4. The molecule has 0 fully saturated rings. The molecule has 112 valence electrons. The molecular weight excluding hydrogens is 296 g/mol. The Hall–Kier alpha value is -2.40. The van der Waals surface area contributed by atoms with E-state index in [9.17, 15) is 9.59 Å². The Morgan fingerprint density at radius 3 is 2.77 bits per heavy atom. The molecule has 0 saturated carbocycles. The molecule has 1 amide bonds. The van der Waals surface area contributed by atoms with Gasteiger partial charge in [-0.2, -0.15) is 0 Å². The van der Waals surface area contributed by atoms with E-state index < -0.39 is 0 Å². The van der Waals surface area contributed by atoms with Crippen LogP contribution in [0.15, 0.2) is 41.9 Å². The molecule has 4 nitrogen and oxygen atoms in total. The number of Topliss-reactive ketones (excluding diaryl/α,β-unsaturated/α-hetero) is 1. The lowest BCUT2D eigenvalue weighted by Gasteiger charge is -2.16. The first-order chi connectivity index (χ1) is 10.6. The monoisotopic (exact) mass is 312 g/mol. The number of amides is 1. The number of benzene rings is 1. The van der Waals surface area contributed by atoms with Gasteiger partial charge in [0.05, 0.1) is 0 Å². The Labute approximate surface area is 132 Å². The van der Waals surface area contributed by atoms with Gasteiger partial charge in [-0.1, -0.05) is 18.2 Å². The molecule has 3 aromatic rings. The fourth-order valence-corrected chi connectivity index (χ4v) is 3.36. The van der Waals surface area contributed by atoms with Crippen molar-refractivity contribution in [3.05, 3.63) is 58.7 Å². The van der Waals surface area contributed by atoms with Gasteiger partial charge in [-0.25, -0.2) is 0 Å². The van der Waals surface area contributed by atoms with Crippen LogP contribution < -0.4 is 0 Å². The second-order valence-corrected chi connectivity index (χ2v) is 6.19. The number of hydrogen-bond acceptors (Lipinski definition) is 3.